The molecule has 0 aliphatic carbocycles. The van der Waals surface area contributed by atoms with Crippen LogP contribution in [0.1, 0.15) is 33.6 Å². The van der Waals surface area contributed by atoms with Gasteiger partial charge in [-0.3, -0.25) is 9.59 Å². The lowest BCUT2D eigenvalue weighted by atomic mass is 10.0. The second-order valence-corrected chi connectivity index (χ2v) is 7.54. The lowest BCUT2D eigenvalue weighted by Gasteiger charge is -2.32. The predicted octanol–water partition coefficient (Wildman–Crippen LogP) is 3.50. The van der Waals surface area contributed by atoms with Crippen LogP contribution in [0.3, 0.4) is 0 Å². The van der Waals surface area contributed by atoms with Crippen molar-refractivity contribution >= 4 is 27.7 Å². The van der Waals surface area contributed by atoms with E-state index in [0.717, 1.165) is 17.3 Å². The SMILES string of the molecule is COc1ccc(C(=O)NC2CCN(C(=O)c3cccc(Br)c3)CC2)cc1OC. The number of hydrogen-bond donors (Lipinski definition) is 1. The third-order valence-corrected chi connectivity index (χ3v) is 5.33. The molecule has 28 heavy (non-hydrogen) atoms. The molecule has 2 aromatic carbocycles. The minimum atomic E-state index is -0.155. The molecule has 1 aliphatic rings. The molecule has 0 saturated carbocycles. The fourth-order valence-electron chi connectivity index (χ4n) is 3.28. The molecule has 0 atom stereocenters. The van der Waals surface area contributed by atoms with E-state index in [1.54, 1.807) is 25.3 Å². The summed E-state index contributed by atoms with van der Waals surface area (Å²) in [6.45, 7) is 1.23. The Labute approximate surface area is 172 Å². The lowest BCUT2D eigenvalue weighted by molar-refractivity contribution is 0.0698. The van der Waals surface area contributed by atoms with Gasteiger partial charge in [-0.05, 0) is 49.2 Å². The van der Waals surface area contributed by atoms with Crippen LogP contribution in [0.2, 0.25) is 0 Å². The number of piperidine rings is 1. The minimum Gasteiger partial charge on any atom is -0.493 e. The molecule has 1 aliphatic heterocycles. The summed E-state index contributed by atoms with van der Waals surface area (Å²) in [4.78, 5) is 27.0. The van der Waals surface area contributed by atoms with Crippen LogP contribution in [0.15, 0.2) is 46.9 Å². The smallest absolute Gasteiger partial charge is 0.253 e. The first-order valence-corrected chi connectivity index (χ1v) is 9.89. The van der Waals surface area contributed by atoms with Gasteiger partial charge in [-0.15, -0.1) is 0 Å². The van der Waals surface area contributed by atoms with E-state index in [-0.39, 0.29) is 17.9 Å². The molecule has 0 aromatic heterocycles. The number of rotatable bonds is 5. The molecule has 1 heterocycles. The van der Waals surface area contributed by atoms with E-state index in [4.69, 9.17) is 9.47 Å². The number of hydrogen-bond acceptors (Lipinski definition) is 4. The number of halogens is 1. The van der Waals surface area contributed by atoms with Crippen LogP contribution >= 0.6 is 15.9 Å². The number of carbonyl (C=O) groups excluding carboxylic acids is 2. The Morgan fingerprint density at radius 3 is 2.36 bits per heavy atom. The van der Waals surface area contributed by atoms with Crippen molar-refractivity contribution in [2.75, 3.05) is 27.3 Å². The van der Waals surface area contributed by atoms with Gasteiger partial charge < -0.3 is 19.7 Å². The van der Waals surface area contributed by atoms with Gasteiger partial charge in [-0.2, -0.15) is 0 Å². The van der Waals surface area contributed by atoms with Crippen LogP contribution in [0.4, 0.5) is 0 Å². The number of nitrogens with zero attached hydrogens (tertiary/aromatic N) is 1. The van der Waals surface area contributed by atoms with Gasteiger partial charge in [0, 0.05) is 34.7 Å². The Balaban J connectivity index is 1.57. The highest BCUT2D eigenvalue weighted by atomic mass is 79.9. The molecule has 6 nitrogen and oxygen atoms in total. The summed E-state index contributed by atoms with van der Waals surface area (Å²) >= 11 is 3.40. The van der Waals surface area contributed by atoms with Crippen molar-refractivity contribution in [1.82, 2.24) is 10.2 Å². The first kappa shape index (κ1) is 20.2. The number of likely N-dealkylation sites (tertiary alicyclic amines) is 1. The average Bonchev–Trinajstić information content (AvgIpc) is 2.73. The van der Waals surface area contributed by atoms with Gasteiger partial charge in [0.15, 0.2) is 11.5 Å². The van der Waals surface area contributed by atoms with E-state index < -0.39 is 0 Å². The third-order valence-electron chi connectivity index (χ3n) is 4.83. The highest BCUT2D eigenvalue weighted by molar-refractivity contribution is 9.10. The number of ether oxygens (including phenoxy) is 2. The highest BCUT2D eigenvalue weighted by Crippen LogP contribution is 2.27. The van der Waals surface area contributed by atoms with Crippen molar-refractivity contribution in [2.45, 2.75) is 18.9 Å². The molecule has 3 rings (SSSR count). The normalized spacial score (nSPS) is 14.5. The number of benzene rings is 2. The molecule has 0 bridgehead atoms. The maximum Gasteiger partial charge on any atom is 0.253 e. The van der Waals surface area contributed by atoms with E-state index in [1.165, 1.54) is 7.11 Å². The predicted molar refractivity (Wildman–Crippen MR) is 110 cm³/mol. The largest absolute Gasteiger partial charge is 0.493 e. The Kier molecular flexibility index (Phi) is 6.57. The first-order chi connectivity index (χ1) is 13.5. The van der Waals surface area contributed by atoms with E-state index in [0.29, 0.717) is 35.7 Å². The zero-order chi connectivity index (χ0) is 20.1. The summed E-state index contributed by atoms with van der Waals surface area (Å²) in [5.74, 6) is 0.965. The Hall–Kier alpha value is -2.54. The van der Waals surface area contributed by atoms with Gasteiger partial charge in [0.25, 0.3) is 11.8 Å². The summed E-state index contributed by atoms with van der Waals surface area (Å²) < 4.78 is 11.3. The van der Waals surface area contributed by atoms with E-state index in [9.17, 15) is 9.59 Å². The topological polar surface area (TPSA) is 67.9 Å². The molecule has 2 aromatic rings. The summed E-state index contributed by atoms with van der Waals surface area (Å²) in [5.41, 5.74) is 1.19. The summed E-state index contributed by atoms with van der Waals surface area (Å²) in [7, 11) is 3.10. The number of amides is 2. The average molecular weight is 447 g/mol. The maximum absolute atomic E-state index is 12.6. The van der Waals surface area contributed by atoms with Crippen LogP contribution in [0.25, 0.3) is 0 Å². The number of nitrogens with one attached hydrogen (secondary N) is 1. The zero-order valence-corrected chi connectivity index (χ0v) is 17.5. The Morgan fingerprint density at radius 1 is 1.00 bits per heavy atom. The van der Waals surface area contributed by atoms with Crippen LogP contribution in [-0.4, -0.2) is 50.1 Å². The quantitative estimate of drug-likeness (QED) is 0.762. The fraction of sp³-hybridized carbons (Fsp3) is 0.333. The van der Waals surface area contributed by atoms with Crippen molar-refractivity contribution in [2.24, 2.45) is 0 Å². The van der Waals surface area contributed by atoms with Crippen molar-refractivity contribution in [3.05, 3.63) is 58.1 Å². The van der Waals surface area contributed by atoms with Gasteiger partial charge in [-0.1, -0.05) is 22.0 Å². The van der Waals surface area contributed by atoms with Crippen molar-refractivity contribution in [1.29, 1.82) is 0 Å². The molecule has 7 heteroatoms. The van der Waals surface area contributed by atoms with Crippen LogP contribution in [-0.2, 0) is 0 Å². The highest BCUT2D eigenvalue weighted by Gasteiger charge is 2.25. The molecule has 2 amide bonds. The second kappa shape index (κ2) is 9.10. The van der Waals surface area contributed by atoms with Gasteiger partial charge in [-0.25, -0.2) is 0 Å². The number of methoxy groups -OCH3 is 2. The molecular formula is C21H23BrN2O4. The van der Waals surface area contributed by atoms with Gasteiger partial charge in [0.1, 0.15) is 0 Å². The maximum atomic E-state index is 12.6. The van der Waals surface area contributed by atoms with Crippen LogP contribution in [0.5, 0.6) is 11.5 Å². The monoisotopic (exact) mass is 446 g/mol. The van der Waals surface area contributed by atoms with E-state index in [1.807, 2.05) is 29.2 Å². The molecule has 0 radical (unpaired) electrons. The second-order valence-electron chi connectivity index (χ2n) is 6.62. The van der Waals surface area contributed by atoms with Gasteiger partial charge in [0.05, 0.1) is 14.2 Å². The van der Waals surface area contributed by atoms with Crippen molar-refractivity contribution in [3.8, 4) is 11.5 Å². The Bertz CT molecular complexity index is 863. The van der Waals surface area contributed by atoms with Gasteiger partial charge >= 0.3 is 0 Å². The van der Waals surface area contributed by atoms with Crippen molar-refractivity contribution < 1.29 is 19.1 Å². The molecular weight excluding hydrogens is 424 g/mol. The number of carbonyl (C=O) groups is 2. The van der Waals surface area contributed by atoms with Crippen LogP contribution < -0.4 is 14.8 Å². The summed E-state index contributed by atoms with van der Waals surface area (Å²) in [5, 5.41) is 3.05. The summed E-state index contributed by atoms with van der Waals surface area (Å²) in [6.07, 6.45) is 1.44. The first-order valence-electron chi connectivity index (χ1n) is 9.09. The minimum absolute atomic E-state index is 0.0194. The molecule has 0 spiro atoms. The molecule has 1 N–H and O–H groups in total. The zero-order valence-electron chi connectivity index (χ0n) is 15.9. The molecule has 0 unspecified atom stereocenters. The van der Waals surface area contributed by atoms with Crippen LogP contribution in [0, 0.1) is 0 Å². The van der Waals surface area contributed by atoms with E-state index >= 15 is 0 Å². The molecule has 1 fully saturated rings. The fourth-order valence-corrected chi connectivity index (χ4v) is 3.68. The Morgan fingerprint density at radius 2 is 1.71 bits per heavy atom. The molecule has 1 saturated heterocycles. The lowest BCUT2D eigenvalue weighted by Crippen LogP contribution is -2.46. The van der Waals surface area contributed by atoms with E-state index in [2.05, 4.69) is 21.2 Å². The third kappa shape index (κ3) is 4.65. The summed E-state index contributed by atoms with van der Waals surface area (Å²) in [6, 6.07) is 12.5. The molecule has 148 valence electrons. The van der Waals surface area contributed by atoms with Crippen molar-refractivity contribution in [3.63, 3.8) is 0 Å². The van der Waals surface area contributed by atoms with Gasteiger partial charge in [0.2, 0.25) is 0 Å². The standard InChI is InChI=1S/C21H23BrN2O4/c1-27-18-7-6-14(13-19(18)28-2)20(25)23-17-8-10-24(11-9-17)21(26)15-4-3-5-16(22)12-15/h3-7,12-13,17H,8-11H2,1-2H3,(H,23,25).